The number of hydrogen-bond donors (Lipinski definition) is 2. The number of nitrogens with zero attached hydrogens (tertiary/aromatic N) is 4. The molecule has 0 atom stereocenters. The summed E-state index contributed by atoms with van der Waals surface area (Å²) in [6, 6.07) is 8.34. The number of benzene rings is 1. The van der Waals surface area contributed by atoms with Gasteiger partial charge < -0.3 is 24.8 Å². The number of carbonyl (C=O) groups is 2. The molecule has 0 aliphatic rings. The van der Waals surface area contributed by atoms with Crippen LogP contribution in [0.3, 0.4) is 0 Å². The fraction of sp³-hybridized carbons (Fsp3) is 0.516. The summed E-state index contributed by atoms with van der Waals surface area (Å²) in [5.41, 5.74) is 5.39. The maximum Gasteiger partial charge on any atom is 0.407 e. The van der Waals surface area contributed by atoms with Gasteiger partial charge >= 0.3 is 6.09 Å². The van der Waals surface area contributed by atoms with Gasteiger partial charge in [-0.05, 0) is 102 Å². The van der Waals surface area contributed by atoms with Crippen LogP contribution in [0.5, 0.6) is 0 Å². The minimum absolute atomic E-state index is 0.0700. The second kappa shape index (κ2) is 13.6. The van der Waals surface area contributed by atoms with Gasteiger partial charge in [-0.1, -0.05) is 12.1 Å². The Labute approximate surface area is 243 Å². The van der Waals surface area contributed by atoms with Crippen molar-refractivity contribution < 1.29 is 18.8 Å². The van der Waals surface area contributed by atoms with Crippen LogP contribution >= 0.6 is 0 Å². The lowest BCUT2D eigenvalue weighted by molar-refractivity contribution is -0.121. The van der Waals surface area contributed by atoms with E-state index in [-0.39, 0.29) is 5.91 Å². The predicted molar refractivity (Wildman–Crippen MR) is 161 cm³/mol. The van der Waals surface area contributed by atoms with Crippen LogP contribution in [-0.2, 0) is 22.4 Å². The first-order chi connectivity index (χ1) is 19.3. The zero-order valence-corrected chi connectivity index (χ0v) is 25.8. The summed E-state index contributed by atoms with van der Waals surface area (Å²) in [7, 11) is 2.01. The van der Waals surface area contributed by atoms with Crippen molar-refractivity contribution in [3.05, 3.63) is 46.6 Å². The van der Waals surface area contributed by atoms with Crippen molar-refractivity contribution in [3.63, 3.8) is 0 Å². The molecule has 41 heavy (non-hydrogen) atoms. The quantitative estimate of drug-likeness (QED) is 0.297. The highest BCUT2D eigenvalue weighted by molar-refractivity contribution is 5.76. The lowest BCUT2D eigenvalue weighted by Gasteiger charge is -2.23. The van der Waals surface area contributed by atoms with Crippen LogP contribution in [-0.4, -0.2) is 58.9 Å². The number of nitrogens with one attached hydrogen (secondary N) is 2. The van der Waals surface area contributed by atoms with Crippen LogP contribution in [0, 0.1) is 13.8 Å². The normalized spacial score (nSPS) is 11.5. The molecule has 2 heterocycles. The summed E-state index contributed by atoms with van der Waals surface area (Å²) in [6.45, 7) is 16.4. The summed E-state index contributed by atoms with van der Waals surface area (Å²) in [6.07, 6.45) is 1.27. The van der Waals surface area contributed by atoms with Crippen molar-refractivity contribution in [2.24, 2.45) is 0 Å². The Morgan fingerprint density at radius 2 is 1.73 bits per heavy atom. The number of alkyl carbamates (subject to hydrolysis) is 1. The maximum atomic E-state index is 12.5. The summed E-state index contributed by atoms with van der Waals surface area (Å²) in [4.78, 5) is 35.6. The molecule has 222 valence electrons. The molecule has 2 N–H and O–H groups in total. The fourth-order valence-corrected chi connectivity index (χ4v) is 4.38. The first-order valence-corrected chi connectivity index (χ1v) is 14.2. The van der Waals surface area contributed by atoms with Crippen molar-refractivity contribution in [1.29, 1.82) is 0 Å². The number of ether oxygens (including phenoxy) is 1. The van der Waals surface area contributed by atoms with Crippen LogP contribution in [0.15, 0.2) is 28.8 Å². The molecule has 2 aromatic heterocycles. The Morgan fingerprint density at radius 1 is 1.02 bits per heavy atom. The molecular formula is C31H44N6O4. The van der Waals surface area contributed by atoms with Gasteiger partial charge in [0.1, 0.15) is 11.4 Å². The van der Waals surface area contributed by atoms with E-state index in [9.17, 15) is 9.59 Å². The van der Waals surface area contributed by atoms with Gasteiger partial charge in [-0.2, -0.15) is 4.98 Å². The first kappa shape index (κ1) is 31.6. The molecular weight excluding hydrogens is 520 g/mol. The molecule has 10 heteroatoms. The largest absolute Gasteiger partial charge is 0.444 e. The van der Waals surface area contributed by atoms with Gasteiger partial charge in [0.05, 0.1) is 0 Å². The molecule has 0 bridgehead atoms. The number of carbonyl (C=O) groups excluding carboxylic acids is 2. The van der Waals surface area contributed by atoms with Gasteiger partial charge in [0, 0.05) is 49.4 Å². The van der Waals surface area contributed by atoms with Crippen LogP contribution in [0.1, 0.15) is 70.3 Å². The second-order valence-electron chi connectivity index (χ2n) is 11.5. The number of pyridine rings is 1. The Hall–Kier alpha value is -3.95. The van der Waals surface area contributed by atoms with E-state index in [1.54, 1.807) is 20.8 Å². The topological polar surface area (TPSA) is 122 Å². The first-order valence-electron chi connectivity index (χ1n) is 14.2. The lowest BCUT2D eigenvalue weighted by Crippen LogP contribution is -2.37. The van der Waals surface area contributed by atoms with Gasteiger partial charge in [0.2, 0.25) is 11.7 Å². The van der Waals surface area contributed by atoms with Gasteiger partial charge in [-0.15, -0.1) is 0 Å². The van der Waals surface area contributed by atoms with Gasteiger partial charge in [-0.25, -0.2) is 9.78 Å². The number of amides is 2. The molecule has 1 aromatic carbocycles. The third kappa shape index (κ3) is 9.03. The third-order valence-corrected chi connectivity index (χ3v) is 6.67. The van der Waals surface area contributed by atoms with Crippen LogP contribution < -0.4 is 15.5 Å². The molecule has 2 amide bonds. The molecule has 0 unspecified atom stereocenters. The average Bonchev–Trinajstić information content (AvgIpc) is 3.38. The van der Waals surface area contributed by atoms with Gasteiger partial charge in [0.15, 0.2) is 0 Å². The van der Waals surface area contributed by atoms with Crippen molar-refractivity contribution >= 4 is 17.8 Å². The van der Waals surface area contributed by atoms with E-state index in [4.69, 9.17) is 14.2 Å². The molecule has 0 aliphatic heterocycles. The zero-order valence-electron chi connectivity index (χ0n) is 25.8. The molecule has 0 spiro atoms. The SMILES string of the molecule is CCc1cc(-c2noc(-c3cc(C)nc(N(C)C(C)C)c3)n2)cc(C)c1CCC(=O)NCCNC(=O)OC(C)(C)C. The molecule has 0 saturated heterocycles. The lowest BCUT2D eigenvalue weighted by atomic mass is 9.93. The number of anilines is 1. The fourth-order valence-electron chi connectivity index (χ4n) is 4.38. The van der Waals surface area contributed by atoms with E-state index < -0.39 is 11.7 Å². The molecule has 0 saturated carbocycles. The number of aryl methyl sites for hydroxylation is 3. The smallest absolute Gasteiger partial charge is 0.407 e. The maximum absolute atomic E-state index is 12.5. The van der Waals surface area contributed by atoms with E-state index in [1.807, 2.05) is 39.1 Å². The average molecular weight is 565 g/mol. The highest BCUT2D eigenvalue weighted by atomic mass is 16.6. The highest BCUT2D eigenvalue weighted by Gasteiger charge is 2.18. The molecule has 3 rings (SSSR count). The number of aromatic nitrogens is 3. The monoisotopic (exact) mass is 564 g/mol. The molecule has 0 fully saturated rings. The molecule has 3 aromatic rings. The highest BCUT2D eigenvalue weighted by Crippen LogP contribution is 2.29. The van der Waals surface area contributed by atoms with E-state index in [0.29, 0.717) is 43.7 Å². The van der Waals surface area contributed by atoms with Crippen molar-refractivity contribution in [1.82, 2.24) is 25.8 Å². The minimum atomic E-state index is -0.559. The predicted octanol–water partition coefficient (Wildman–Crippen LogP) is 5.40. The van der Waals surface area contributed by atoms with E-state index in [0.717, 1.165) is 45.7 Å². The van der Waals surface area contributed by atoms with E-state index in [2.05, 4.69) is 52.5 Å². The van der Waals surface area contributed by atoms with Gasteiger partial charge in [-0.3, -0.25) is 4.79 Å². The Bertz CT molecular complexity index is 1360. The van der Waals surface area contributed by atoms with Crippen LogP contribution in [0.25, 0.3) is 22.8 Å². The van der Waals surface area contributed by atoms with Crippen molar-refractivity contribution in [2.75, 3.05) is 25.0 Å². The Morgan fingerprint density at radius 3 is 2.39 bits per heavy atom. The van der Waals surface area contributed by atoms with Crippen LogP contribution in [0.2, 0.25) is 0 Å². The Kier molecular flexibility index (Phi) is 10.5. The summed E-state index contributed by atoms with van der Waals surface area (Å²) < 4.78 is 10.9. The van der Waals surface area contributed by atoms with Gasteiger partial charge in [0.25, 0.3) is 5.89 Å². The minimum Gasteiger partial charge on any atom is -0.444 e. The Balaban J connectivity index is 1.65. The summed E-state index contributed by atoms with van der Waals surface area (Å²) >= 11 is 0. The zero-order chi connectivity index (χ0) is 30.3. The summed E-state index contributed by atoms with van der Waals surface area (Å²) in [5, 5.41) is 9.77. The second-order valence-corrected chi connectivity index (χ2v) is 11.5. The van der Waals surface area contributed by atoms with Crippen LogP contribution in [0.4, 0.5) is 10.6 Å². The number of rotatable bonds is 11. The number of hydrogen-bond acceptors (Lipinski definition) is 8. The molecule has 0 radical (unpaired) electrons. The van der Waals surface area contributed by atoms with Crippen molar-refractivity contribution in [3.8, 4) is 22.8 Å². The summed E-state index contributed by atoms with van der Waals surface area (Å²) in [5.74, 6) is 1.75. The standard InChI is InChI=1S/C31H44N6O4/c1-10-22-17-23(28-35-29(41-36-28)24-16-21(5)34-26(18-24)37(9)19(2)3)15-20(4)25(22)11-12-27(38)32-13-14-33-30(39)40-31(6,7)8/h15-19H,10-14H2,1-9H3,(H,32,38)(H,33,39). The van der Waals surface area contributed by atoms with Crippen molar-refractivity contribution in [2.45, 2.75) is 86.3 Å². The van der Waals surface area contributed by atoms with E-state index in [1.165, 1.54) is 0 Å². The van der Waals surface area contributed by atoms with E-state index >= 15 is 0 Å². The molecule has 10 nitrogen and oxygen atoms in total. The third-order valence-electron chi connectivity index (χ3n) is 6.67. The molecule has 0 aliphatic carbocycles.